The lowest BCUT2D eigenvalue weighted by Crippen LogP contribution is -2.31. The van der Waals surface area contributed by atoms with Gasteiger partial charge in [0.25, 0.3) is 5.91 Å². The van der Waals surface area contributed by atoms with Crippen molar-refractivity contribution < 1.29 is 14.3 Å². The van der Waals surface area contributed by atoms with Gasteiger partial charge in [-0.1, -0.05) is 39.7 Å². The van der Waals surface area contributed by atoms with E-state index in [0.717, 1.165) is 15.6 Å². The van der Waals surface area contributed by atoms with E-state index in [1.807, 2.05) is 31.2 Å². The third-order valence-electron chi connectivity index (χ3n) is 4.97. The Morgan fingerprint density at radius 3 is 2.75 bits per heavy atom. The number of aliphatic hydroxyl groups is 1. The second-order valence-corrected chi connectivity index (χ2v) is 8.13. The molecule has 3 aromatic rings. The van der Waals surface area contributed by atoms with Crippen LogP contribution in [0, 0.1) is 6.92 Å². The highest BCUT2D eigenvalue weighted by Gasteiger charge is 2.42. The summed E-state index contributed by atoms with van der Waals surface area (Å²) >= 11 is 9.67. The Kier molecular flexibility index (Phi) is 5.04. The average Bonchev–Trinajstić information content (AvgIpc) is 2.94. The standard InChI is InChI=1S/C21H17BrClNO4/c1-11-8-16-14(10-15(11)23)19(26)17-18(12-4-2-5-13(22)9-12)24(6-3-7-25)21(27)20(17)28-16/h2,4-5,8-10,18,25H,3,6-7H2,1H3/t18-/m1/s1. The molecule has 1 aromatic heterocycles. The smallest absolute Gasteiger partial charge is 0.290 e. The second-order valence-electron chi connectivity index (χ2n) is 6.80. The van der Waals surface area contributed by atoms with E-state index in [1.54, 1.807) is 17.0 Å². The number of hydrogen-bond acceptors (Lipinski definition) is 4. The van der Waals surface area contributed by atoms with Crippen LogP contribution in [-0.2, 0) is 0 Å². The van der Waals surface area contributed by atoms with Crippen molar-refractivity contribution in [2.24, 2.45) is 0 Å². The van der Waals surface area contributed by atoms with E-state index in [-0.39, 0.29) is 23.7 Å². The van der Waals surface area contributed by atoms with Crippen LogP contribution in [0.5, 0.6) is 0 Å². The summed E-state index contributed by atoms with van der Waals surface area (Å²) in [6.45, 7) is 2.07. The quantitative estimate of drug-likeness (QED) is 0.622. The fourth-order valence-corrected chi connectivity index (χ4v) is 4.22. The Bertz CT molecular complexity index is 1160. The summed E-state index contributed by atoms with van der Waals surface area (Å²) in [5.41, 5.74) is 1.96. The molecule has 28 heavy (non-hydrogen) atoms. The molecule has 5 nitrogen and oxygen atoms in total. The van der Waals surface area contributed by atoms with Gasteiger partial charge in [-0.05, 0) is 48.7 Å². The predicted octanol–water partition coefficient (Wildman–Crippen LogP) is 4.44. The van der Waals surface area contributed by atoms with Crippen molar-refractivity contribution in [3.8, 4) is 0 Å². The summed E-state index contributed by atoms with van der Waals surface area (Å²) in [5, 5.41) is 10.1. The van der Waals surface area contributed by atoms with Gasteiger partial charge in [-0.15, -0.1) is 0 Å². The van der Waals surface area contributed by atoms with Gasteiger partial charge in [0.2, 0.25) is 5.76 Å². The van der Waals surface area contributed by atoms with Crippen molar-refractivity contribution in [2.75, 3.05) is 13.2 Å². The van der Waals surface area contributed by atoms with Crippen LogP contribution in [0.1, 0.15) is 39.7 Å². The van der Waals surface area contributed by atoms with Crippen LogP contribution in [0.3, 0.4) is 0 Å². The van der Waals surface area contributed by atoms with E-state index < -0.39 is 6.04 Å². The Morgan fingerprint density at radius 2 is 2.04 bits per heavy atom. The number of carbonyl (C=O) groups excluding carboxylic acids is 1. The van der Waals surface area contributed by atoms with Crippen LogP contribution in [0.15, 0.2) is 50.1 Å². The molecule has 0 aliphatic carbocycles. The zero-order valence-corrected chi connectivity index (χ0v) is 17.4. The zero-order valence-electron chi connectivity index (χ0n) is 15.0. The molecule has 0 bridgehead atoms. The molecule has 1 atom stereocenters. The number of nitrogens with zero attached hydrogens (tertiary/aromatic N) is 1. The minimum Gasteiger partial charge on any atom is -0.450 e. The van der Waals surface area contributed by atoms with Gasteiger partial charge >= 0.3 is 0 Å². The SMILES string of the molecule is Cc1cc2oc3c(c(=O)c2cc1Cl)[C@@H](c1cccc(Br)c1)N(CCCO)C3=O. The summed E-state index contributed by atoms with van der Waals surface area (Å²) in [7, 11) is 0. The van der Waals surface area contributed by atoms with Crippen molar-refractivity contribution in [3.63, 3.8) is 0 Å². The summed E-state index contributed by atoms with van der Waals surface area (Å²) in [6.07, 6.45) is 0.406. The molecule has 0 spiro atoms. The molecule has 1 aliphatic heterocycles. The van der Waals surface area contributed by atoms with Crippen molar-refractivity contribution in [1.29, 1.82) is 0 Å². The molecule has 1 N–H and O–H groups in total. The molecule has 144 valence electrons. The number of aryl methyl sites for hydroxylation is 1. The largest absolute Gasteiger partial charge is 0.450 e. The van der Waals surface area contributed by atoms with Crippen molar-refractivity contribution in [3.05, 3.63) is 78.6 Å². The fourth-order valence-electron chi connectivity index (χ4n) is 3.64. The number of hydrogen-bond donors (Lipinski definition) is 1. The van der Waals surface area contributed by atoms with Crippen molar-refractivity contribution in [2.45, 2.75) is 19.4 Å². The number of carbonyl (C=O) groups is 1. The maximum absolute atomic E-state index is 13.4. The lowest BCUT2D eigenvalue weighted by atomic mass is 9.98. The molecule has 1 aliphatic rings. The van der Waals surface area contributed by atoms with Gasteiger partial charge in [0, 0.05) is 22.6 Å². The minimum absolute atomic E-state index is 0.0521. The van der Waals surface area contributed by atoms with E-state index in [2.05, 4.69) is 15.9 Å². The van der Waals surface area contributed by atoms with Crippen molar-refractivity contribution in [1.82, 2.24) is 4.90 Å². The van der Waals surface area contributed by atoms with Gasteiger partial charge in [-0.25, -0.2) is 0 Å². The van der Waals surface area contributed by atoms with E-state index in [4.69, 9.17) is 16.0 Å². The van der Waals surface area contributed by atoms with Gasteiger partial charge < -0.3 is 14.4 Å². The molecule has 0 saturated heterocycles. The Labute approximate surface area is 174 Å². The van der Waals surface area contributed by atoms with E-state index in [0.29, 0.717) is 34.5 Å². The molecule has 0 fully saturated rings. The first kappa shape index (κ1) is 19.2. The summed E-state index contributed by atoms with van der Waals surface area (Å²) < 4.78 is 6.75. The van der Waals surface area contributed by atoms with E-state index in [1.165, 1.54) is 0 Å². The lowest BCUT2D eigenvalue weighted by Gasteiger charge is -2.25. The summed E-state index contributed by atoms with van der Waals surface area (Å²) in [6, 6.07) is 10.2. The third kappa shape index (κ3) is 3.05. The first-order chi connectivity index (χ1) is 13.4. The first-order valence-corrected chi connectivity index (χ1v) is 10.0. The van der Waals surface area contributed by atoms with Gasteiger partial charge in [0.15, 0.2) is 5.43 Å². The second kappa shape index (κ2) is 7.35. The average molecular weight is 463 g/mol. The Morgan fingerprint density at radius 1 is 1.25 bits per heavy atom. The maximum atomic E-state index is 13.4. The minimum atomic E-state index is -0.577. The summed E-state index contributed by atoms with van der Waals surface area (Å²) in [4.78, 5) is 28.0. The number of benzene rings is 2. The molecule has 2 aromatic carbocycles. The highest BCUT2D eigenvalue weighted by Crippen LogP contribution is 2.39. The molecular formula is C21H17BrClNO4. The van der Waals surface area contributed by atoms with Crippen LogP contribution in [0.25, 0.3) is 11.0 Å². The molecule has 4 rings (SSSR count). The van der Waals surface area contributed by atoms with Crippen LogP contribution >= 0.6 is 27.5 Å². The molecule has 2 heterocycles. The first-order valence-electron chi connectivity index (χ1n) is 8.86. The van der Waals surface area contributed by atoms with Crippen molar-refractivity contribution >= 4 is 44.4 Å². The highest BCUT2D eigenvalue weighted by molar-refractivity contribution is 9.10. The highest BCUT2D eigenvalue weighted by atomic mass is 79.9. The lowest BCUT2D eigenvalue weighted by molar-refractivity contribution is 0.0716. The van der Waals surface area contributed by atoms with Gasteiger partial charge in [-0.3, -0.25) is 9.59 Å². The molecule has 7 heteroatoms. The van der Waals surface area contributed by atoms with Gasteiger partial charge in [0.05, 0.1) is 17.0 Å². The number of rotatable bonds is 4. The van der Waals surface area contributed by atoms with E-state index in [9.17, 15) is 14.7 Å². The van der Waals surface area contributed by atoms with Gasteiger partial charge in [0.1, 0.15) is 5.58 Å². The van der Waals surface area contributed by atoms with Gasteiger partial charge in [-0.2, -0.15) is 0 Å². The van der Waals surface area contributed by atoms with Crippen LogP contribution in [0.4, 0.5) is 0 Å². The molecule has 0 saturated carbocycles. The fraction of sp³-hybridized carbons (Fsp3) is 0.238. The maximum Gasteiger partial charge on any atom is 0.290 e. The Balaban J connectivity index is 2.00. The predicted molar refractivity (Wildman–Crippen MR) is 111 cm³/mol. The number of aliphatic hydroxyl groups excluding tert-OH is 1. The molecule has 1 amide bonds. The Hall–Kier alpha value is -2.15. The van der Waals surface area contributed by atoms with Crippen LogP contribution in [0.2, 0.25) is 5.02 Å². The summed E-state index contributed by atoms with van der Waals surface area (Å²) in [5.74, 6) is -0.290. The number of halogens is 2. The van der Waals surface area contributed by atoms with Crippen LogP contribution in [-0.4, -0.2) is 29.1 Å². The van der Waals surface area contributed by atoms with E-state index >= 15 is 0 Å². The normalized spacial score (nSPS) is 16.1. The molecule has 0 unspecified atom stereocenters. The number of amides is 1. The number of fused-ring (bicyclic) bond motifs is 2. The molecular weight excluding hydrogens is 446 g/mol. The monoisotopic (exact) mass is 461 g/mol. The zero-order chi connectivity index (χ0) is 20.0. The third-order valence-corrected chi connectivity index (χ3v) is 5.87. The van der Waals surface area contributed by atoms with Crippen LogP contribution < -0.4 is 5.43 Å². The molecule has 0 radical (unpaired) electrons. The topological polar surface area (TPSA) is 70.8 Å².